The summed E-state index contributed by atoms with van der Waals surface area (Å²) in [5.74, 6) is 1.49. The molecule has 1 N–H and O–H groups in total. The van der Waals surface area contributed by atoms with Crippen LogP contribution in [0.15, 0.2) is 60.0 Å². The number of fused-ring (bicyclic) bond motifs is 1. The second kappa shape index (κ2) is 8.90. The Morgan fingerprint density at radius 2 is 2.07 bits per heavy atom. The molecule has 4 aromatic rings. The van der Waals surface area contributed by atoms with Crippen molar-refractivity contribution in [3.63, 3.8) is 0 Å². The molecular formula is C23H22ClN3O2S. The third-order valence-electron chi connectivity index (χ3n) is 4.88. The molecule has 0 aliphatic heterocycles. The average molecular weight is 440 g/mol. The van der Waals surface area contributed by atoms with Crippen molar-refractivity contribution in [3.8, 4) is 5.75 Å². The number of nitrogens with one attached hydrogen (secondary N) is 1. The van der Waals surface area contributed by atoms with E-state index in [9.17, 15) is 4.79 Å². The first-order valence-electron chi connectivity index (χ1n) is 9.71. The second-order valence-corrected chi connectivity index (χ2v) is 8.40. The maximum atomic E-state index is 12.5. The van der Waals surface area contributed by atoms with Crippen molar-refractivity contribution in [2.75, 3.05) is 6.61 Å². The van der Waals surface area contributed by atoms with E-state index < -0.39 is 0 Å². The fourth-order valence-corrected chi connectivity index (χ4v) is 4.11. The molecule has 2 heterocycles. The number of halogens is 1. The molecule has 0 saturated heterocycles. The second-order valence-electron chi connectivity index (χ2n) is 7.04. The average Bonchev–Trinajstić information content (AvgIpc) is 3.39. The molecule has 0 aliphatic rings. The summed E-state index contributed by atoms with van der Waals surface area (Å²) < 4.78 is 8.05. The lowest BCUT2D eigenvalue weighted by molar-refractivity contribution is 0.0941. The van der Waals surface area contributed by atoms with Crippen LogP contribution in [-0.4, -0.2) is 22.1 Å². The monoisotopic (exact) mass is 439 g/mol. The standard InChI is InChI=1S/C23H22ClN3O2S/c1-15-14-17(9-10-18(15)24)29-12-11-27-20-7-4-3-6-19(20)26-22(27)16(2)25-23(28)21-8-5-13-30-21/h3-10,13-14,16H,11-12H2,1-2H3,(H,25,28). The number of hydrogen-bond donors (Lipinski definition) is 1. The number of rotatable bonds is 7. The highest BCUT2D eigenvalue weighted by molar-refractivity contribution is 7.12. The van der Waals surface area contributed by atoms with Crippen LogP contribution in [0, 0.1) is 6.92 Å². The Morgan fingerprint density at radius 3 is 2.83 bits per heavy atom. The smallest absolute Gasteiger partial charge is 0.261 e. The van der Waals surface area contributed by atoms with Crippen LogP contribution < -0.4 is 10.1 Å². The number of hydrogen-bond acceptors (Lipinski definition) is 4. The largest absolute Gasteiger partial charge is 0.492 e. The van der Waals surface area contributed by atoms with Gasteiger partial charge in [-0.1, -0.05) is 29.8 Å². The minimum absolute atomic E-state index is 0.0935. The van der Waals surface area contributed by atoms with Gasteiger partial charge < -0.3 is 14.6 Å². The maximum absolute atomic E-state index is 12.5. The van der Waals surface area contributed by atoms with Gasteiger partial charge in [0.25, 0.3) is 5.91 Å². The zero-order chi connectivity index (χ0) is 21.1. The Hall–Kier alpha value is -2.83. The molecule has 1 amide bonds. The van der Waals surface area contributed by atoms with Gasteiger partial charge in [0.05, 0.1) is 28.5 Å². The van der Waals surface area contributed by atoms with Crippen LogP contribution in [0.1, 0.15) is 34.0 Å². The molecule has 0 fully saturated rings. The number of ether oxygens (including phenoxy) is 1. The molecule has 30 heavy (non-hydrogen) atoms. The molecule has 1 atom stereocenters. The summed E-state index contributed by atoms with van der Waals surface area (Å²) in [6, 6.07) is 17.0. The summed E-state index contributed by atoms with van der Waals surface area (Å²) in [5.41, 5.74) is 2.89. The molecule has 0 spiro atoms. The van der Waals surface area contributed by atoms with Gasteiger partial charge in [-0.3, -0.25) is 4.79 Å². The van der Waals surface area contributed by atoms with E-state index in [4.69, 9.17) is 21.3 Å². The van der Waals surface area contributed by atoms with E-state index in [0.29, 0.717) is 18.0 Å². The molecule has 7 heteroatoms. The Morgan fingerprint density at radius 1 is 1.23 bits per heavy atom. The SMILES string of the molecule is Cc1cc(OCCn2c(C(C)NC(=O)c3cccs3)nc3ccccc32)ccc1Cl. The lowest BCUT2D eigenvalue weighted by atomic mass is 10.2. The predicted molar refractivity (Wildman–Crippen MR) is 122 cm³/mol. The summed E-state index contributed by atoms with van der Waals surface area (Å²) in [4.78, 5) is 18.0. The number of carbonyl (C=O) groups excluding carboxylic acids is 1. The van der Waals surface area contributed by atoms with E-state index in [0.717, 1.165) is 33.2 Å². The number of para-hydroxylation sites is 2. The molecule has 4 rings (SSSR count). The Balaban J connectivity index is 1.53. The molecular weight excluding hydrogens is 418 g/mol. The van der Waals surface area contributed by atoms with Crippen LogP contribution in [0.25, 0.3) is 11.0 Å². The predicted octanol–water partition coefficient (Wildman–Crippen LogP) is 5.63. The van der Waals surface area contributed by atoms with Gasteiger partial charge >= 0.3 is 0 Å². The molecule has 0 aliphatic carbocycles. The molecule has 0 bridgehead atoms. The van der Waals surface area contributed by atoms with Crippen molar-refractivity contribution in [2.24, 2.45) is 0 Å². The number of imidazole rings is 1. The van der Waals surface area contributed by atoms with Crippen molar-refractivity contribution in [2.45, 2.75) is 26.4 Å². The van der Waals surface area contributed by atoms with Crippen molar-refractivity contribution >= 4 is 39.9 Å². The Bertz CT molecular complexity index is 1170. The lowest BCUT2D eigenvalue weighted by Gasteiger charge is -2.16. The first-order valence-corrected chi connectivity index (χ1v) is 11.0. The van der Waals surface area contributed by atoms with Crippen LogP contribution in [0.5, 0.6) is 5.75 Å². The summed E-state index contributed by atoms with van der Waals surface area (Å²) >= 11 is 7.52. The highest BCUT2D eigenvalue weighted by Crippen LogP contribution is 2.23. The van der Waals surface area contributed by atoms with Gasteiger partial charge in [0, 0.05) is 5.02 Å². The van der Waals surface area contributed by atoms with Crippen LogP contribution in [0.2, 0.25) is 5.02 Å². The van der Waals surface area contributed by atoms with E-state index in [2.05, 4.69) is 9.88 Å². The molecule has 2 aromatic heterocycles. The first-order chi connectivity index (χ1) is 14.5. The Kier molecular flexibility index (Phi) is 6.06. The van der Waals surface area contributed by atoms with E-state index in [1.807, 2.05) is 73.8 Å². The number of aryl methyl sites for hydroxylation is 1. The fourth-order valence-electron chi connectivity index (χ4n) is 3.36. The third-order valence-corrected chi connectivity index (χ3v) is 6.17. The summed E-state index contributed by atoms with van der Waals surface area (Å²) in [7, 11) is 0. The molecule has 0 saturated carbocycles. The molecule has 1 unspecified atom stereocenters. The van der Waals surface area contributed by atoms with Crippen LogP contribution in [-0.2, 0) is 6.54 Å². The van der Waals surface area contributed by atoms with E-state index in [1.54, 1.807) is 0 Å². The first kappa shape index (κ1) is 20.4. The molecule has 5 nitrogen and oxygen atoms in total. The third kappa shape index (κ3) is 4.35. The van der Waals surface area contributed by atoms with E-state index in [1.165, 1.54) is 11.3 Å². The zero-order valence-corrected chi connectivity index (χ0v) is 18.3. The highest BCUT2D eigenvalue weighted by atomic mass is 35.5. The van der Waals surface area contributed by atoms with Crippen molar-refractivity contribution in [1.29, 1.82) is 0 Å². The zero-order valence-electron chi connectivity index (χ0n) is 16.8. The molecule has 154 valence electrons. The number of carbonyl (C=O) groups is 1. The number of aromatic nitrogens is 2. The quantitative estimate of drug-likeness (QED) is 0.406. The van der Waals surface area contributed by atoms with Crippen molar-refractivity contribution in [1.82, 2.24) is 14.9 Å². The van der Waals surface area contributed by atoms with Gasteiger partial charge in [0.1, 0.15) is 18.2 Å². The number of amides is 1. The van der Waals surface area contributed by atoms with Gasteiger partial charge in [0.2, 0.25) is 0 Å². The van der Waals surface area contributed by atoms with Crippen LogP contribution in [0.4, 0.5) is 0 Å². The molecule has 0 radical (unpaired) electrons. The molecule has 2 aromatic carbocycles. The number of thiophene rings is 1. The lowest BCUT2D eigenvalue weighted by Crippen LogP contribution is -2.28. The topological polar surface area (TPSA) is 56.1 Å². The highest BCUT2D eigenvalue weighted by Gasteiger charge is 2.19. The number of nitrogens with zero attached hydrogens (tertiary/aromatic N) is 2. The van der Waals surface area contributed by atoms with E-state index >= 15 is 0 Å². The summed E-state index contributed by atoms with van der Waals surface area (Å²) in [5, 5.41) is 5.67. The van der Waals surface area contributed by atoms with Crippen LogP contribution >= 0.6 is 22.9 Å². The number of benzene rings is 2. The van der Waals surface area contributed by atoms with E-state index in [-0.39, 0.29) is 11.9 Å². The summed E-state index contributed by atoms with van der Waals surface area (Å²) in [6.07, 6.45) is 0. The van der Waals surface area contributed by atoms with Gasteiger partial charge in [-0.25, -0.2) is 4.98 Å². The normalized spacial score (nSPS) is 12.1. The van der Waals surface area contributed by atoms with Crippen molar-refractivity contribution < 1.29 is 9.53 Å². The Labute approximate surface area is 184 Å². The minimum Gasteiger partial charge on any atom is -0.492 e. The van der Waals surface area contributed by atoms with Gasteiger partial charge in [0.15, 0.2) is 0 Å². The van der Waals surface area contributed by atoms with Gasteiger partial charge in [-0.15, -0.1) is 11.3 Å². The van der Waals surface area contributed by atoms with Gasteiger partial charge in [-0.2, -0.15) is 0 Å². The minimum atomic E-state index is -0.246. The summed E-state index contributed by atoms with van der Waals surface area (Å²) in [6.45, 7) is 4.98. The van der Waals surface area contributed by atoms with Gasteiger partial charge in [-0.05, 0) is 61.2 Å². The van der Waals surface area contributed by atoms with Crippen molar-refractivity contribution in [3.05, 3.63) is 81.3 Å². The van der Waals surface area contributed by atoms with Crippen LogP contribution in [0.3, 0.4) is 0 Å². The fraction of sp³-hybridized carbons (Fsp3) is 0.217. The maximum Gasteiger partial charge on any atom is 0.261 e.